The van der Waals surface area contributed by atoms with Crippen LogP contribution in [0.5, 0.6) is 0 Å². The first-order valence-corrected chi connectivity index (χ1v) is 8.40. The Kier molecular flexibility index (Phi) is 6.78. The molecule has 0 atom stereocenters. The van der Waals surface area contributed by atoms with E-state index in [2.05, 4.69) is 5.32 Å². The zero-order valence-electron chi connectivity index (χ0n) is 14.2. The number of piperazine rings is 1. The van der Waals surface area contributed by atoms with Crippen LogP contribution in [0.2, 0.25) is 0 Å². The van der Waals surface area contributed by atoms with Gasteiger partial charge in [0.2, 0.25) is 17.7 Å². The lowest BCUT2D eigenvalue weighted by atomic mass is 10.1. The molecular weight excluding hydrogens is 306 g/mol. The molecule has 0 unspecified atom stereocenters. The van der Waals surface area contributed by atoms with E-state index in [0.29, 0.717) is 52.0 Å². The molecule has 6 nitrogen and oxygen atoms in total. The minimum absolute atomic E-state index is 0.0292. The molecule has 1 aliphatic rings. The van der Waals surface area contributed by atoms with Crippen LogP contribution in [0.1, 0.15) is 25.3 Å². The lowest BCUT2D eigenvalue weighted by molar-refractivity contribution is -0.138. The molecule has 1 N–H and O–H groups in total. The lowest BCUT2D eigenvalue weighted by Gasteiger charge is -2.34. The van der Waals surface area contributed by atoms with Crippen molar-refractivity contribution in [1.82, 2.24) is 15.1 Å². The van der Waals surface area contributed by atoms with Crippen molar-refractivity contribution in [3.8, 4) is 0 Å². The molecule has 1 heterocycles. The van der Waals surface area contributed by atoms with Crippen LogP contribution in [0.4, 0.5) is 0 Å². The Labute approximate surface area is 142 Å². The SMILES string of the molecule is CC(=O)N1CCN(C(=O)CCNC(=O)CCc2ccccc2)CC1. The summed E-state index contributed by atoms with van der Waals surface area (Å²) >= 11 is 0. The second-order valence-electron chi connectivity index (χ2n) is 5.97. The highest BCUT2D eigenvalue weighted by molar-refractivity contribution is 5.79. The van der Waals surface area contributed by atoms with Crippen LogP contribution in [-0.2, 0) is 20.8 Å². The molecule has 0 aliphatic carbocycles. The number of nitrogens with zero attached hydrogens (tertiary/aromatic N) is 2. The van der Waals surface area contributed by atoms with Gasteiger partial charge in [-0.25, -0.2) is 0 Å². The van der Waals surface area contributed by atoms with Gasteiger partial charge in [-0.15, -0.1) is 0 Å². The smallest absolute Gasteiger partial charge is 0.224 e. The van der Waals surface area contributed by atoms with E-state index in [-0.39, 0.29) is 17.7 Å². The van der Waals surface area contributed by atoms with Crippen molar-refractivity contribution in [3.63, 3.8) is 0 Å². The molecule has 1 aromatic carbocycles. The Morgan fingerprint density at radius 2 is 1.58 bits per heavy atom. The zero-order valence-corrected chi connectivity index (χ0v) is 14.2. The molecule has 3 amide bonds. The average molecular weight is 331 g/mol. The monoisotopic (exact) mass is 331 g/mol. The summed E-state index contributed by atoms with van der Waals surface area (Å²) < 4.78 is 0. The number of hydrogen-bond donors (Lipinski definition) is 1. The van der Waals surface area contributed by atoms with Gasteiger partial charge >= 0.3 is 0 Å². The molecule has 130 valence electrons. The van der Waals surface area contributed by atoms with Gasteiger partial charge < -0.3 is 15.1 Å². The molecule has 0 radical (unpaired) electrons. The molecule has 2 rings (SSSR count). The molecule has 1 aromatic rings. The van der Waals surface area contributed by atoms with E-state index in [9.17, 15) is 14.4 Å². The van der Waals surface area contributed by atoms with Gasteiger partial charge in [0.15, 0.2) is 0 Å². The van der Waals surface area contributed by atoms with Crippen molar-refractivity contribution in [1.29, 1.82) is 0 Å². The molecule has 0 saturated carbocycles. The van der Waals surface area contributed by atoms with Gasteiger partial charge in [-0.1, -0.05) is 30.3 Å². The molecule has 1 saturated heterocycles. The van der Waals surface area contributed by atoms with Gasteiger partial charge in [0.1, 0.15) is 0 Å². The first kappa shape index (κ1) is 18.0. The summed E-state index contributed by atoms with van der Waals surface area (Å²) in [5.41, 5.74) is 1.13. The van der Waals surface area contributed by atoms with E-state index < -0.39 is 0 Å². The molecule has 24 heavy (non-hydrogen) atoms. The second kappa shape index (κ2) is 9.05. The lowest BCUT2D eigenvalue weighted by Crippen LogP contribution is -2.50. The number of nitrogens with one attached hydrogen (secondary N) is 1. The Morgan fingerprint density at radius 1 is 0.958 bits per heavy atom. The predicted octanol–water partition coefficient (Wildman–Crippen LogP) is 0.816. The summed E-state index contributed by atoms with van der Waals surface area (Å²) in [5, 5.41) is 2.80. The third kappa shape index (κ3) is 5.68. The maximum Gasteiger partial charge on any atom is 0.224 e. The van der Waals surface area contributed by atoms with Crippen LogP contribution < -0.4 is 5.32 Å². The summed E-state index contributed by atoms with van der Waals surface area (Å²) in [6.07, 6.45) is 1.43. The first-order chi connectivity index (χ1) is 11.6. The van der Waals surface area contributed by atoms with E-state index in [4.69, 9.17) is 0 Å². The minimum atomic E-state index is -0.0342. The predicted molar refractivity (Wildman–Crippen MR) is 91.2 cm³/mol. The third-order valence-corrected chi connectivity index (χ3v) is 4.22. The van der Waals surface area contributed by atoms with Gasteiger partial charge in [0, 0.05) is 52.5 Å². The van der Waals surface area contributed by atoms with Crippen molar-refractivity contribution in [3.05, 3.63) is 35.9 Å². The van der Waals surface area contributed by atoms with E-state index in [1.807, 2.05) is 30.3 Å². The van der Waals surface area contributed by atoms with Gasteiger partial charge in [-0.2, -0.15) is 0 Å². The first-order valence-electron chi connectivity index (χ1n) is 8.40. The Hall–Kier alpha value is -2.37. The van der Waals surface area contributed by atoms with Crippen molar-refractivity contribution < 1.29 is 14.4 Å². The Bertz CT molecular complexity index is 566. The van der Waals surface area contributed by atoms with Crippen LogP contribution in [0.25, 0.3) is 0 Å². The normalized spacial score (nSPS) is 14.4. The van der Waals surface area contributed by atoms with Crippen LogP contribution in [0.3, 0.4) is 0 Å². The highest BCUT2D eigenvalue weighted by Gasteiger charge is 2.21. The van der Waals surface area contributed by atoms with Crippen LogP contribution in [-0.4, -0.2) is 60.2 Å². The third-order valence-electron chi connectivity index (χ3n) is 4.22. The minimum Gasteiger partial charge on any atom is -0.356 e. The molecule has 0 aromatic heterocycles. The number of benzene rings is 1. The van der Waals surface area contributed by atoms with Crippen LogP contribution in [0, 0.1) is 0 Å². The summed E-state index contributed by atoms with van der Waals surface area (Å²) in [7, 11) is 0. The van der Waals surface area contributed by atoms with Crippen molar-refractivity contribution >= 4 is 17.7 Å². The van der Waals surface area contributed by atoms with Gasteiger partial charge in [0.05, 0.1) is 0 Å². The van der Waals surface area contributed by atoms with Gasteiger partial charge in [-0.3, -0.25) is 14.4 Å². The van der Waals surface area contributed by atoms with Crippen molar-refractivity contribution in [2.45, 2.75) is 26.2 Å². The van der Waals surface area contributed by atoms with Crippen molar-refractivity contribution in [2.75, 3.05) is 32.7 Å². The van der Waals surface area contributed by atoms with E-state index in [1.54, 1.807) is 16.7 Å². The van der Waals surface area contributed by atoms with E-state index in [1.165, 1.54) is 0 Å². The topological polar surface area (TPSA) is 69.7 Å². The quantitative estimate of drug-likeness (QED) is 0.839. The van der Waals surface area contributed by atoms with Crippen LogP contribution in [0.15, 0.2) is 30.3 Å². The fourth-order valence-electron chi connectivity index (χ4n) is 2.73. The number of hydrogen-bond acceptors (Lipinski definition) is 3. The standard InChI is InChI=1S/C18H25N3O3/c1-15(22)20-11-13-21(14-12-20)18(24)9-10-19-17(23)8-7-16-5-3-2-4-6-16/h2-6H,7-14H2,1H3,(H,19,23). The average Bonchev–Trinajstić information content (AvgIpc) is 2.61. The van der Waals surface area contributed by atoms with E-state index >= 15 is 0 Å². The highest BCUT2D eigenvalue weighted by atomic mass is 16.2. The summed E-state index contributed by atoms with van der Waals surface area (Å²) in [6, 6.07) is 9.86. The number of amides is 3. The second-order valence-corrected chi connectivity index (χ2v) is 5.97. The largest absolute Gasteiger partial charge is 0.356 e. The summed E-state index contributed by atoms with van der Waals surface area (Å²) in [5.74, 6) is 0.0439. The van der Waals surface area contributed by atoms with E-state index in [0.717, 1.165) is 5.56 Å². The molecule has 1 aliphatic heterocycles. The number of aryl methyl sites for hydroxylation is 1. The number of rotatable bonds is 6. The summed E-state index contributed by atoms with van der Waals surface area (Å²) in [4.78, 5) is 38.7. The maximum atomic E-state index is 12.1. The number of carbonyl (C=O) groups excluding carboxylic acids is 3. The maximum absolute atomic E-state index is 12.1. The number of carbonyl (C=O) groups is 3. The summed E-state index contributed by atoms with van der Waals surface area (Å²) in [6.45, 7) is 4.22. The van der Waals surface area contributed by atoms with Crippen LogP contribution >= 0.6 is 0 Å². The molecule has 0 bridgehead atoms. The molecule has 0 spiro atoms. The highest BCUT2D eigenvalue weighted by Crippen LogP contribution is 2.04. The fourth-order valence-corrected chi connectivity index (χ4v) is 2.73. The molecular formula is C18H25N3O3. The fraction of sp³-hybridized carbons (Fsp3) is 0.500. The zero-order chi connectivity index (χ0) is 17.4. The Morgan fingerprint density at radius 3 is 2.21 bits per heavy atom. The van der Waals surface area contributed by atoms with Crippen molar-refractivity contribution in [2.24, 2.45) is 0 Å². The van der Waals surface area contributed by atoms with Gasteiger partial charge in [-0.05, 0) is 12.0 Å². The van der Waals surface area contributed by atoms with Gasteiger partial charge in [0.25, 0.3) is 0 Å². The Balaban J connectivity index is 1.60. The molecule has 1 fully saturated rings. The molecule has 6 heteroatoms.